The first-order chi connectivity index (χ1) is 8.66. The average molecular weight is 266 g/mol. The Bertz CT molecular complexity index is 538. The summed E-state index contributed by atoms with van der Waals surface area (Å²) >= 11 is 0. The minimum absolute atomic E-state index is 0.0419. The lowest BCUT2D eigenvalue weighted by Gasteiger charge is -2.21. The zero-order chi connectivity index (χ0) is 12.7. The van der Waals surface area contributed by atoms with E-state index in [1.807, 2.05) is 6.92 Å². The highest BCUT2D eigenvalue weighted by atomic mass is 32.2. The Kier molecular flexibility index (Phi) is 2.86. The number of hydrogen-bond acceptors (Lipinski definition) is 4. The molecule has 3 rings (SSSR count). The zero-order valence-corrected chi connectivity index (χ0v) is 10.9. The minimum Gasteiger partial charge on any atom is -0.490 e. The molecule has 4 nitrogen and oxygen atoms in total. The van der Waals surface area contributed by atoms with Gasteiger partial charge in [-0.05, 0) is 6.07 Å². The lowest BCUT2D eigenvalue weighted by Crippen LogP contribution is -2.26. The Morgan fingerprint density at radius 3 is 2.61 bits per heavy atom. The van der Waals surface area contributed by atoms with E-state index >= 15 is 0 Å². The molecule has 0 fully saturated rings. The third kappa shape index (κ3) is 1.82. The van der Waals surface area contributed by atoms with Gasteiger partial charge in [-0.1, -0.05) is 6.92 Å². The van der Waals surface area contributed by atoms with Crippen molar-refractivity contribution >= 4 is 16.6 Å². The fourth-order valence-electron chi connectivity index (χ4n) is 2.23. The summed E-state index contributed by atoms with van der Waals surface area (Å²) in [6.45, 7) is 2.98. The molecule has 96 valence electrons. The van der Waals surface area contributed by atoms with Crippen LogP contribution >= 0.6 is 0 Å². The molecule has 0 saturated carbocycles. The Morgan fingerprint density at radius 2 is 1.89 bits per heavy atom. The normalized spacial score (nSPS) is 26.4. The molecule has 0 amide bonds. The van der Waals surface area contributed by atoms with Crippen LogP contribution in [0.4, 0.5) is 0 Å². The number of Topliss-reactive ketones (excluding diaryl/α,β-unsaturated/α-hetero) is 1. The van der Waals surface area contributed by atoms with Gasteiger partial charge >= 0.3 is 0 Å². The molecule has 1 aromatic rings. The van der Waals surface area contributed by atoms with Crippen LogP contribution in [0, 0.1) is 5.92 Å². The van der Waals surface area contributed by atoms with Gasteiger partial charge in [0.05, 0.1) is 28.9 Å². The molecule has 5 heteroatoms. The Hall–Kier alpha value is -1.36. The topological polar surface area (TPSA) is 52.6 Å². The van der Waals surface area contributed by atoms with E-state index in [2.05, 4.69) is 0 Å². The van der Waals surface area contributed by atoms with Crippen LogP contribution in [0.2, 0.25) is 0 Å². The maximum atomic E-state index is 12.1. The third-order valence-electron chi connectivity index (χ3n) is 3.21. The Balaban J connectivity index is 2.14. The highest BCUT2D eigenvalue weighted by Crippen LogP contribution is 2.37. The van der Waals surface area contributed by atoms with E-state index in [1.54, 1.807) is 12.1 Å². The molecule has 2 aliphatic rings. The summed E-state index contributed by atoms with van der Waals surface area (Å²) in [4.78, 5) is 12.7. The van der Waals surface area contributed by atoms with Crippen molar-refractivity contribution in [3.8, 4) is 11.5 Å². The van der Waals surface area contributed by atoms with Gasteiger partial charge in [-0.15, -0.1) is 0 Å². The maximum absolute atomic E-state index is 12.1. The van der Waals surface area contributed by atoms with Crippen LogP contribution in [0.1, 0.15) is 23.7 Å². The largest absolute Gasteiger partial charge is 0.490 e. The number of fused-ring (bicyclic) bond motifs is 2. The quantitative estimate of drug-likeness (QED) is 0.718. The summed E-state index contributed by atoms with van der Waals surface area (Å²) in [6, 6.07) is 3.39. The molecular formula is C13H14O4S. The first kappa shape index (κ1) is 11.7. The van der Waals surface area contributed by atoms with E-state index < -0.39 is 10.8 Å². The Labute approximate surface area is 108 Å². The van der Waals surface area contributed by atoms with Gasteiger partial charge in [0.15, 0.2) is 17.3 Å². The maximum Gasteiger partial charge on any atom is 0.167 e. The zero-order valence-electron chi connectivity index (χ0n) is 10.1. The molecule has 0 radical (unpaired) electrons. The number of ketones is 1. The second-order valence-corrected chi connectivity index (χ2v) is 6.09. The van der Waals surface area contributed by atoms with Gasteiger partial charge in [-0.25, -0.2) is 0 Å². The lowest BCUT2D eigenvalue weighted by atomic mass is 10.00. The molecule has 0 spiro atoms. The highest BCUT2D eigenvalue weighted by Gasteiger charge is 2.31. The molecule has 2 aliphatic heterocycles. The molecule has 0 aromatic heterocycles. The van der Waals surface area contributed by atoms with Crippen LogP contribution in [0.25, 0.3) is 0 Å². The standard InChI is InChI=1S/C13H14O4S/c1-8-7-18(15)12-6-11-10(5-9(12)13(8)14)16-3-2-4-17-11/h5-6,8H,2-4,7H2,1H3. The molecule has 0 aliphatic carbocycles. The molecule has 2 unspecified atom stereocenters. The monoisotopic (exact) mass is 266 g/mol. The average Bonchev–Trinajstić information content (AvgIpc) is 2.59. The van der Waals surface area contributed by atoms with Crippen LogP contribution < -0.4 is 9.47 Å². The first-order valence-electron chi connectivity index (χ1n) is 6.03. The summed E-state index contributed by atoms with van der Waals surface area (Å²) in [5.41, 5.74) is 0.524. The smallest absolute Gasteiger partial charge is 0.167 e. The van der Waals surface area contributed by atoms with E-state index in [1.165, 1.54) is 0 Å². The highest BCUT2D eigenvalue weighted by molar-refractivity contribution is 7.85. The minimum atomic E-state index is -1.13. The van der Waals surface area contributed by atoms with Crippen LogP contribution in [0.3, 0.4) is 0 Å². The fraction of sp³-hybridized carbons (Fsp3) is 0.462. The number of benzene rings is 1. The number of hydrogen-bond donors (Lipinski definition) is 0. The molecular weight excluding hydrogens is 252 g/mol. The molecule has 0 bridgehead atoms. The van der Waals surface area contributed by atoms with Crippen molar-refractivity contribution in [3.63, 3.8) is 0 Å². The van der Waals surface area contributed by atoms with Gasteiger partial charge in [-0.2, -0.15) is 0 Å². The van der Waals surface area contributed by atoms with E-state index in [-0.39, 0.29) is 11.7 Å². The van der Waals surface area contributed by atoms with Gasteiger partial charge in [0.25, 0.3) is 0 Å². The lowest BCUT2D eigenvalue weighted by molar-refractivity contribution is 0.0934. The van der Waals surface area contributed by atoms with Gasteiger partial charge in [-0.3, -0.25) is 9.00 Å². The van der Waals surface area contributed by atoms with Gasteiger partial charge in [0, 0.05) is 29.7 Å². The van der Waals surface area contributed by atoms with E-state index in [0.29, 0.717) is 40.9 Å². The molecule has 2 heterocycles. The second kappa shape index (κ2) is 4.39. The van der Waals surface area contributed by atoms with Crippen molar-refractivity contribution in [2.24, 2.45) is 5.92 Å². The van der Waals surface area contributed by atoms with Crippen LogP contribution in [-0.2, 0) is 10.8 Å². The molecule has 0 N–H and O–H groups in total. The van der Waals surface area contributed by atoms with Gasteiger partial charge < -0.3 is 9.47 Å². The van der Waals surface area contributed by atoms with Crippen molar-refractivity contribution in [2.75, 3.05) is 19.0 Å². The van der Waals surface area contributed by atoms with Gasteiger partial charge in [0.2, 0.25) is 0 Å². The van der Waals surface area contributed by atoms with Crippen molar-refractivity contribution in [1.82, 2.24) is 0 Å². The predicted molar refractivity (Wildman–Crippen MR) is 66.8 cm³/mol. The summed E-state index contributed by atoms with van der Waals surface area (Å²) in [7, 11) is -1.13. The van der Waals surface area contributed by atoms with E-state index in [9.17, 15) is 9.00 Å². The number of rotatable bonds is 0. The van der Waals surface area contributed by atoms with Gasteiger partial charge in [0.1, 0.15) is 0 Å². The summed E-state index contributed by atoms with van der Waals surface area (Å²) in [6.07, 6.45) is 0.812. The van der Waals surface area contributed by atoms with Crippen molar-refractivity contribution < 1.29 is 18.5 Å². The molecule has 1 aromatic carbocycles. The number of carbonyl (C=O) groups is 1. The predicted octanol–water partition coefficient (Wildman–Crippen LogP) is 1.79. The SMILES string of the molecule is CC1CS(=O)c2cc3c(cc2C1=O)OCCCO3. The molecule has 0 saturated heterocycles. The van der Waals surface area contributed by atoms with Crippen molar-refractivity contribution in [3.05, 3.63) is 17.7 Å². The third-order valence-corrected chi connectivity index (χ3v) is 4.84. The first-order valence-corrected chi connectivity index (χ1v) is 7.35. The number of ether oxygens (including phenoxy) is 2. The fourth-order valence-corrected chi connectivity index (χ4v) is 3.66. The molecule has 2 atom stereocenters. The van der Waals surface area contributed by atoms with Crippen LogP contribution in [-0.4, -0.2) is 29.0 Å². The second-order valence-electron chi connectivity index (χ2n) is 4.62. The molecule has 18 heavy (non-hydrogen) atoms. The number of carbonyl (C=O) groups excluding carboxylic acids is 1. The van der Waals surface area contributed by atoms with Crippen LogP contribution in [0.5, 0.6) is 11.5 Å². The summed E-state index contributed by atoms with van der Waals surface area (Å²) in [5.74, 6) is 1.43. The van der Waals surface area contributed by atoms with Crippen LogP contribution in [0.15, 0.2) is 17.0 Å². The summed E-state index contributed by atoms with van der Waals surface area (Å²) < 4.78 is 23.2. The van der Waals surface area contributed by atoms with E-state index in [0.717, 1.165) is 6.42 Å². The van der Waals surface area contributed by atoms with Crippen molar-refractivity contribution in [2.45, 2.75) is 18.2 Å². The van der Waals surface area contributed by atoms with Crippen molar-refractivity contribution in [1.29, 1.82) is 0 Å². The summed E-state index contributed by atoms with van der Waals surface area (Å²) in [5, 5.41) is 0. The Morgan fingerprint density at radius 1 is 1.22 bits per heavy atom. The van der Waals surface area contributed by atoms with E-state index in [4.69, 9.17) is 9.47 Å².